The zero-order chi connectivity index (χ0) is 6.57. The van der Waals surface area contributed by atoms with E-state index in [2.05, 4.69) is 0 Å². The van der Waals surface area contributed by atoms with Crippen LogP contribution in [0.15, 0.2) is 0 Å². The summed E-state index contributed by atoms with van der Waals surface area (Å²) in [7, 11) is 0. The first kappa shape index (κ1) is 16.5. The Bertz CT molecular complexity index is 99.8. The fourth-order valence-corrected chi connectivity index (χ4v) is 0.143. The molecular formula is C4H4Li2O4. The molecule has 0 saturated carbocycles. The number of carboxylic acids is 2. The smallest absolute Gasteiger partial charge is 0.505 e. The molecule has 0 spiro atoms. The number of carboxylic acid groups (broad SMARTS) is 2. The summed E-state index contributed by atoms with van der Waals surface area (Å²) in [6.45, 7) is 0. The van der Waals surface area contributed by atoms with Crippen molar-refractivity contribution in [2.45, 2.75) is 0 Å². The molecule has 0 aromatic carbocycles. The van der Waals surface area contributed by atoms with Gasteiger partial charge in [0, 0.05) is 0 Å². The molecule has 10 heavy (non-hydrogen) atoms. The van der Waals surface area contributed by atoms with Crippen LogP contribution in [0.25, 0.3) is 0 Å². The molecule has 0 aromatic heterocycles. The molecule has 6 heteroatoms. The predicted octanol–water partition coefficient (Wildman–Crippen LogP) is -6.43. The van der Waals surface area contributed by atoms with Gasteiger partial charge in [-0.15, -0.1) is 0 Å². The molecule has 2 N–H and O–H groups in total. The van der Waals surface area contributed by atoms with Gasteiger partial charge < -0.3 is 23.1 Å². The van der Waals surface area contributed by atoms with Gasteiger partial charge >= 0.3 is 37.7 Å². The Morgan fingerprint density at radius 2 is 1.10 bits per heavy atom. The second-order valence-corrected chi connectivity index (χ2v) is 1.01. The van der Waals surface area contributed by atoms with Crippen LogP contribution in [0.1, 0.15) is 0 Å². The predicted molar refractivity (Wildman–Crippen MR) is 23.9 cm³/mol. The Hall–Kier alpha value is -0.125. The van der Waals surface area contributed by atoms with Crippen molar-refractivity contribution < 1.29 is 57.5 Å². The Kier molecular flexibility index (Phi) is 14.6. The zero-order valence-corrected chi connectivity index (χ0v) is 5.87. The van der Waals surface area contributed by atoms with Crippen LogP contribution in [-0.2, 0) is 9.59 Å². The SMILES string of the molecule is O=C(O)[CH-][CH-]C(=O)O.[Li+].[Li+]. The Morgan fingerprint density at radius 3 is 1.20 bits per heavy atom. The normalized spacial score (nSPS) is 6.00. The van der Waals surface area contributed by atoms with Crippen molar-refractivity contribution in [1.82, 2.24) is 0 Å². The maximum Gasteiger partial charge on any atom is 1.00 e. The van der Waals surface area contributed by atoms with Gasteiger partial charge in [0.1, 0.15) is 11.9 Å². The standard InChI is InChI=1S/C4H4O4.2Li/c5-3(6)1-2-4(7)8;;/h1-2H,(H,5,6)(H,7,8);;/q-2;2*+1. The third-order valence-electron chi connectivity index (χ3n) is 0.368. The van der Waals surface area contributed by atoms with E-state index in [1.807, 2.05) is 0 Å². The topological polar surface area (TPSA) is 74.6 Å². The number of carbonyl (C=O) groups is 2. The van der Waals surface area contributed by atoms with E-state index in [-0.39, 0.29) is 37.7 Å². The largest absolute Gasteiger partial charge is 1.00 e. The minimum Gasteiger partial charge on any atom is -0.505 e. The summed E-state index contributed by atoms with van der Waals surface area (Å²) >= 11 is 0. The summed E-state index contributed by atoms with van der Waals surface area (Å²) in [5.41, 5.74) is 0. The van der Waals surface area contributed by atoms with E-state index >= 15 is 0 Å². The summed E-state index contributed by atoms with van der Waals surface area (Å²) in [5, 5.41) is 15.6. The van der Waals surface area contributed by atoms with Gasteiger partial charge in [-0.05, 0) is 0 Å². The fourth-order valence-electron chi connectivity index (χ4n) is 0.143. The van der Waals surface area contributed by atoms with E-state index in [0.717, 1.165) is 0 Å². The molecule has 0 heterocycles. The van der Waals surface area contributed by atoms with Crippen LogP contribution in [0.3, 0.4) is 0 Å². The van der Waals surface area contributed by atoms with Crippen LogP contribution >= 0.6 is 0 Å². The van der Waals surface area contributed by atoms with Crippen LogP contribution in [0, 0.1) is 12.8 Å². The molecule has 46 valence electrons. The number of rotatable bonds is 3. The van der Waals surface area contributed by atoms with E-state index in [4.69, 9.17) is 10.2 Å². The molecule has 0 amide bonds. The summed E-state index contributed by atoms with van der Waals surface area (Å²) in [6.07, 6.45) is 1.12. The first-order valence-electron chi connectivity index (χ1n) is 1.77. The molecule has 0 rings (SSSR count). The minimum atomic E-state index is -1.26. The van der Waals surface area contributed by atoms with Gasteiger partial charge in [0.2, 0.25) is 0 Å². The monoisotopic (exact) mass is 130 g/mol. The molecule has 0 fully saturated rings. The molecule has 0 saturated heterocycles. The van der Waals surface area contributed by atoms with Crippen LogP contribution < -0.4 is 37.7 Å². The quantitative estimate of drug-likeness (QED) is 0.294. The molecule has 0 bridgehead atoms. The second kappa shape index (κ2) is 8.87. The average molecular weight is 130 g/mol. The zero-order valence-electron chi connectivity index (χ0n) is 5.87. The molecule has 0 aliphatic heterocycles. The molecule has 4 nitrogen and oxygen atoms in total. The van der Waals surface area contributed by atoms with Crippen molar-refractivity contribution in [3.63, 3.8) is 0 Å². The van der Waals surface area contributed by atoms with Crippen LogP contribution in [0.4, 0.5) is 0 Å². The molecule has 0 atom stereocenters. The van der Waals surface area contributed by atoms with E-state index in [1.54, 1.807) is 0 Å². The maximum absolute atomic E-state index is 9.55. The Labute approximate surface area is 82.3 Å². The van der Waals surface area contributed by atoms with E-state index in [1.165, 1.54) is 0 Å². The van der Waals surface area contributed by atoms with Crippen molar-refractivity contribution in [1.29, 1.82) is 0 Å². The summed E-state index contributed by atoms with van der Waals surface area (Å²) in [5.74, 6) is -2.51. The average Bonchev–Trinajstić information content (AvgIpc) is 1.61. The molecule has 0 unspecified atom stereocenters. The molecule has 0 radical (unpaired) electrons. The van der Waals surface area contributed by atoms with Gasteiger partial charge in [0.25, 0.3) is 0 Å². The third-order valence-corrected chi connectivity index (χ3v) is 0.368. The fraction of sp³-hybridized carbons (Fsp3) is 0. The number of hydrogen-bond acceptors (Lipinski definition) is 2. The molecule has 0 aromatic rings. The van der Waals surface area contributed by atoms with Gasteiger partial charge in [-0.2, -0.15) is 0 Å². The van der Waals surface area contributed by atoms with Crippen molar-refractivity contribution in [2.75, 3.05) is 0 Å². The van der Waals surface area contributed by atoms with E-state index in [9.17, 15) is 9.59 Å². The van der Waals surface area contributed by atoms with Crippen molar-refractivity contribution in [3.8, 4) is 0 Å². The molecule has 0 aliphatic rings. The van der Waals surface area contributed by atoms with Crippen LogP contribution in [-0.4, -0.2) is 22.2 Å². The summed E-state index contributed by atoms with van der Waals surface area (Å²) in [6, 6.07) is 0. The number of hydrogen-bond donors (Lipinski definition) is 2. The van der Waals surface area contributed by atoms with Crippen molar-refractivity contribution >= 4 is 11.9 Å². The van der Waals surface area contributed by atoms with Gasteiger partial charge in [-0.25, -0.2) is 0 Å². The minimum absolute atomic E-state index is 0. The molecule has 0 aliphatic carbocycles. The van der Waals surface area contributed by atoms with Crippen LogP contribution in [0.2, 0.25) is 0 Å². The summed E-state index contributed by atoms with van der Waals surface area (Å²) in [4.78, 5) is 19.1. The van der Waals surface area contributed by atoms with Gasteiger partial charge in [-0.1, -0.05) is 0 Å². The summed E-state index contributed by atoms with van der Waals surface area (Å²) < 4.78 is 0. The van der Waals surface area contributed by atoms with E-state index < -0.39 is 11.9 Å². The Balaban J connectivity index is -0.000000245. The van der Waals surface area contributed by atoms with Gasteiger partial charge in [0.15, 0.2) is 0 Å². The first-order chi connectivity index (χ1) is 3.63. The maximum atomic E-state index is 9.55. The third kappa shape index (κ3) is 15.7. The second-order valence-electron chi connectivity index (χ2n) is 1.01. The van der Waals surface area contributed by atoms with Gasteiger partial charge in [-0.3, -0.25) is 9.59 Å². The van der Waals surface area contributed by atoms with Crippen molar-refractivity contribution in [3.05, 3.63) is 12.8 Å². The number of aliphatic carboxylic acids is 2. The Morgan fingerprint density at radius 1 is 0.900 bits per heavy atom. The van der Waals surface area contributed by atoms with Crippen molar-refractivity contribution in [2.24, 2.45) is 0 Å². The molecular weight excluding hydrogens is 126 g/mol. The van der Waals surface area contributed by atoms with Gasteiger partial charge in [0.05, 0.1) is 0 Å². The van der Waals surface area contributed by atoms with E-state index in [0.29, 0.717) is 12.8 Å². The first-order valence-corrected chi connectivity index (χ1v) is 1.77. The van der Waals surface area contributed by atoms with Crippen LogP contribution in [0.5, 0.6) is 0 Å².